The van der Waals surface area contributed by atoms with Gasteiger partial charge in [0.25, 0.3) is 0 Å². The number of rotatable bonds is 6. The molecule has 0 bridgehead atoms. The molecule has 0 radical (unpaired) electrons. The van der Waals surface area contributed by atoms with Crippen molar-refractivity contribution in [2.24, 2.45) is 0 Å². The summed E-state index contributed by atoms with van der Waals surface area (Å²) in [5.74, 6) is 2.59. The van der Waals surface area contributed by atoms with Crippen molar-refractivity contribution in [1.82, 2.24) is 0 Å². The van der Waals surface area contributed by atoms with Gasteiger partial charge in [0, 0.05) is 0 Å². The minimum absolute atomic E-state index is 0.514. The molecular formula is C17H20O3. The number of para-hydroxylation sites is 1. The van der Waals surface area contributed by atoms with Crippen LogP contribution in [0.15, 0.2) is 42.5 Å². The second kappa shape index (κ2) is 6.85. The van der Waals surface area contributed by atoms with Crippen LogP contribution < -0.4 is 14.2 Å². The Kier molecular flexibility index (Phi) is 4.88. The van der Waals surface area contributed by atoms with Gasteiger partial charge in [-0.25, -0.2) is 0 Å². The van der Waals surface area contributed by atoms with Crippen LogP contribution in [0.3, 0.4) is 0 Å². The molecule has 3 heteroatoms. The van der Waals surface area contributed by atoms with Gasteiger partial charge in [0.1, 0.15) is 30.5 Å². The molecule has 0 aliphatic carbocycles. The fraction of sp³-hybridized carbons (Fsp3) is 0.294. The van der Waals surface area contributed by atoms with Gasteiger partial charge in [-0.05, 0) is 49.2 Å². The Morgan fingerprint density at radius 2 is 1.30 bits per heavy atom. The van der Waals surface area contributed by atoms with Crippen LogP contribution in [0, 0.1) is 13.8 Å². The standard InChI is InChI=1S/C17H20O3/c1-13-5-4-6-14(2)17(13)20-12-11-19-16-9-7-15(18-3)8-10-16/h4-10H,11-12H2,1-3H3. The van der Waals surface area contributed by atoms with E-state index in [0.717, 1.165) is 28.4 Å². The summed E-state index contributed by atoms with van der Waals surface area (Å²) in [6.45, 7) is 5.14. The Bertz CT molecular complexity index is 526. The first-order chi connectivity index (χ1) is 9.70. The highest BCUT2D eigenvalue weighted by atomic mass is 16.5. The molecule has 0 aliphatic rings. The molecule has 0 aromatic heterocycles. The summed E-state index contributed by atoms with van der Waals surface area (Å²) < 4.78 is 16.5. The minimum atomic E-state index is 0.514. The van der Waals surface area contributed by atoms with E-state index in [9.17, 15) is 0 Å². The molecule has 0 heterocycles. The third-order valence-corrected chi connectivity index (χ3v) is 3.07. The Hall–Kier alpha value is -2.16. The molecule has 20 heavy (non-hydrogen) atoms. The van der Waals surface area contributed by atoms with E-state index >= 15 is 0 Å². The molecule has 2 aromatic rings. The van der Waals surface area contributed by atoms with Gasteiger partial charge in [-0.3, -0.25) is 0 Å². The maximum absolute atomic E-state index is 5.78. The lowest BCUT2D eigenvalue weighted by molar-refractivity contribution is 0.215. The van der Waals surface area contributed by atoms with E-state index in [4.69, 9.17) is 14.2 Å². The van der Waals surface area contributed by atoms with Crippen molar-refractivity contribution >= 4 is 0 Å². The lowest BCUT2D eigenvalue weighted by Gasteiger charge is -2.12. The molecular weight excluding hydrogens is 252 g/mol. The topological polar surface area (TPSA) is 27.7 Å². The Morgan fingerprint density at radius 3 is 1.90 bits per heavy atom. The first-order valence-corrected chi connectivity index (χ1v) is 6.66. The molecule has 0 atom stereocenters. The van der Waals surface area contributed by atoms with Crippen molar-refractivity contribution in [2.75, 3.05) is 20.3 Å². The minimum Gasteiger partial charge on any atom is -0.497 e. The fourth-order valence-corrected chi connectivity index (χ4v) is 2.00. The van der Waals surface area contributed by atoms with Crippen LogP contribution in [0.4, 0.5) is 0 Å². The lowest BCUT2D eigenvalue weighted by Crippen LogP contribution is -2.10. The zero-order valence-corrected chi connectivity index (χ0v) is 12.2. The largest absolute Gasteiger partial charge is 0.497 e. The van der Waals surface area contributed by atoms with Crippen LogP contribution in [0.1, 0.15) is 11.1 Å². The summed E-state index contributed by atoms with van der Waals surface area (Å²) in [7, 11) is 1.65. The number of benzene rings is 2. The maximum Gasteiger partial charge on any atom is 0.125 e. The molecule has 2 rings (SSSR count). The van der Waals surface area contributed by atoms with E-state index in [1.165, 1.54) is 0 Å². The average Bonchev–Trinajstić information content (AvgIpc) is 2.46. The van der Waals surface area contributed by atoms with E-state index in [1.54, 1.807) is 7.11 Å². The Morgan fingerprint density at radius 1 is 0.750 bits per heavy atom. The highest BCUT2D eigenvalue weighted by molar-refractivity contribution is 5.39. The predicted octanol–water partition coefficient (Wildman–Crippen LogP) is 3.77. The summed E-state index contributed by atoms with van der Waals surface area (Å²) in [5.41, 5.74) is 2.30. The van der Waals surface area contributed by atoms with Gasteiger partial charge in [0.2, 0.25) is 0 Å². The van der Waals surface area contributed by atoms with E-state index in [0.29, 0.717) is 13.2 Å². The van der Waals surface area contributed by atoms with Crippen molar-refractivity contribution in [1.29, 1.82) is 0 Å². The van der Waals surface area contributed by atoms with E-state index in [1.807, 2.05) is 56.3 Å². The summed E-state index contributed by atoms with van der Waals surface area (Å²) in [4.78, 5) is 0. The molecule has 0 unspecified atom stereocenters. The summed E-state index contributed by atoms with van der Waals surface area (Å²) in [6, 6.07) is 13.7. The average molecular weight is 272 g/mol. The van der Waals surface area contributed by atoms with Crippen molar-refractivity contribution in [3.63, 3.8) is 0 Å². The van der Waals surface area contributed by atoms with Crippen LogP contribution in [-0.2, 0) is 0 Å². The monoisotopic (exact) mass is 272 g/mol. The van der Waals surface area contributed by atoms with Gasteiger partial charge in [-0.2, -0.15) is 0 Å². The number of methoxy groups -OCH3 is 1. The maximum atomic E-state index is 5.78. The fourth-order valence-electron chi connectivity index (χ4n) is 2.00. The highest BCUT2D eigenvalue weighted by Crippen LogP contribution is 2.22. The zero-order valence-electron chi connectivity index (χ0n) is 12.2. The van der Waals surface area contributed by atoms with E-state index in [2.05, 4.69) is 0 Å². The molecule has 0 saturated heterocycles. The highest BCUT2D eigenvalue weighted by Gasteiger charge is 2.03. The van der Waals surface area contributed by atoms with Crippen molar-refractivity contribution in [2.45, 2.75) is 13.8 Å². The van der Waals surface area contributed by atoms with Gasteiger partial charge in [0.15, 0.2) is 0 Å². The smallest absolute Gasteiger partial charge is 0.125 e. The number of hydrogen-bond acceptors (Lipinski definition) is 3. The number of aryl methyl sites for hydroxylation is 2. The molecule has 3 nitrogen and oxygen atoms in total. The third-order valence-electron chi connectivity index (χ3n) is 3.07. The normalized spacial score (nSPS) is 10.2. The van der Waals surface area contributed by atoms with Crippen molar-refractivity contribution in [3.8, 4) is 17.2 Å². The SMILES string of the molecule is COc1ccc(OCCOc2c(C)cccc2C)cc1. The van der Waals surface area contributed by atoms with Gasteiger partial charge in [-0.15, -0.1) is 0 Å². The quantitative estimate of drug-likeness (QED) is 0.749. The molecule has 106 valence electrons. The van der Waals surface area contributed by atoms with Crippen molar-refractivity contribution < 1.29 is 14.2 Å². The first kappa shape index (κ1) is 14.3. The summed E-state index contributed by atoms with van der Waals surface area (Å²) >= 11 is 0. The Labute approximate surface area is 120 Å². The molecule has 0 spiro atoms. The van der Waals surface area contributed by atoms with E-state index in [-0.39, 0.29) is 0 Å². The second-order valence-electron chi connectivity index (χ2n) is 4.59. The van der Waals surface area contributed by atoms with Gasteiger partial charge in [0.05, 0.1) is 7.11 Å². The van der Waals surface area contributed by atoms with Crippen LogP contribution in [0.5, 0.6) is 17.2 Å². The molecule has 0 fully saturated rings. The molecule has 0 amide bonds. The van der Waals surface area contributed by atoms with Crippen LogP contribution in [0.25, 0.3) is 0 Å². The van der Waals surface area contributed by atoms with Gasteiger partial charge >= 0.3 is 0 Å². The van der Waals surface area contributed by atoms with Gasteiger partial charge < -0.3 is 14.2 Å². The van der Waals surface area contributed by atoms with E-state index < -0.39 is 0 Å². The van der Waals surface area contributed by atoms with Crippen LogP contribution in [-0.4, -0.2) is 20.3 Å². The molecule has 0 N–H and O–H groups in total. The van der Waals surface area contributed by atoms with Gasteiger partial charge in [-0.1, -0.05) is 18.2 Å². The van der Waals surface area contributed by atoms with Crippen LogP contribution in [0.2, 0.25) is 0 Å². The zero-order chi connectivity index (χ0) is 14.4. The third kappa shape index (κ3) is 3.67. The van der Waals surface area contributed by atoms with Crippen molar-refractivity contribution in [3.05, 3.63) is 53.6 Å². The Balaban J connectivity index is 1.81. The van der Waals surface area contributed by atoms with Crippen LogP contribution >= 0.6 is 0 Å². The number of hydrogen-bond donors (Lipinski definition) is 0. The number of ether oxygens (including phenoxy) is 3. The summed E-state index contributed by atoms with van der Waals surface area (Å²) in [5, 5.41) is 0. The first-order valence-electron chi connectivity index (χ1n) is 6.66. The second-order valence-corrected chi connectivity index (χ2v) is 4.59. The summed E-state index contributed by atoms with van der Waals surface area (Å²) in [6.07, 6.45) is 0. The molecule has 0 aliphatic heterocycles. The lowest BCUT2D eigenvalue weighted by atomic mass is 10.1. The molecule has 2 aromatic carbocycles. The predicted molar refractivity (Wildman–Crippen MR) is 79.9 cm³/mol. The molecule has 0 saturated carbocycles.